The molecule has 1 aromatic carbocycles. The van der Waals surface area contributed by atoms with Crippen LogP contribution in [0.1, 0.15) is 21.1 Å². The molecule has 3 aromatic heterocycles. The second-order valence-corrected chi connectivity index (χ2v) is 8.60. The number of carbonyl (C=O) groups is 1. The number of thioether (sulfide) groups is 1. The Balaban J connectivity index is 1.53. The third-order valence-electron chi connectivity index (χ3n) is 3.88. The van der Waals surface area contributed by atoms with Gasteiger partial charge in [-0.05, 0) is 30.5 Å². The van der Waals surface area contributed by atoms with Crippen molar-refractivity contribution in [1.82, 2.24) is 9.38 Å². The van der Waals surface area contributed by atoms with E-state index in [1.165, 1.54) is 22.7 Å². The maximum atomic E-state index is 12.3. The van der Waals surface area contributed by atoms with E-state index in [0.717, 1.165) is 22.0 Å². The quantitative estimate of drug-likeness (QED) is 0.483. The Morgan fingerprint density at radius 1 is 1.22 bits per heavy atom. The SMILES string of the molecule is Cc1csc2nc(CSc3ccccc3NC(=O)c3cccs3)cc(=O)n12. The highest BCUT2D eigenvalue weighted by Gasteiger charge is 2.11. The summed E-state index contributed by atoms with van der Waals surface area (Å²) in [6, 6.07) is 12.9. The first-order valence-electron chi connectivity index (χ1n) is 8.15. The summed E-state index contributed by atoms with van der Waals surface area (Å²) >= 11 is 4.41. The van der Waals surface area contributed by atoms with Crippen molar-refractivity contribution in [3.8, 4) is 0 Å². The minimum Gasteiger partial charge on any atom is -0.320 e. The van der Waals surface area contributed by atoms with Gasteiger partial charge in [0.2, 0.25) is 0 Å². The van der Waals surface area contributed by atoms with Gasteiger partial charge in [-0.1, -0.05) is 18.2 Å². The molecule has 3 heterocycles. The molecule has 0 atom stereocenters. The van der Waals surface area contributed by atoms with Crippen LogP contribution >= 0.6 is 34.4 Å². The Morgan fingerprint density at radius 2 is 2.07 bits per heavy atom. The fraction of sp³-hybridized carbons (Fsp3) is 0.105. The third-order valence-corrected chi connectivity index (χ3v) is 6.80. The zero-order valence-corrected chi connectivity index (χ0v) is 16.8. The highest BCUT2D eigenvalue weighted by Crippen LogP contribution is 2.30. The molecule has 8 heteroatoms. The number of nitrogens with zero attached hydrogens (tertiary/aromatic N) is 2. The van der Waals surface area contributed by atoms with Gasteiger partial charge in [-0.2, -0.15) is 0 Å². The molecule has 4 rings (SSSR count). The van der Waals surface area contributed by atoms with Crippen LogP contribution in [0.5, 0.6) is 0 Å². The van der Waals surface area contributed by atoms with Gasteiger partial charge < -0.3 is 5.32 Å². The van der Waals surface area contributed by atoms with E-state index < -0.39 is 0 Å². The van der Waals surface area contributed by atoms with E-state index in [2.05, 4.69) is 10.3 Å². The predicted molar refractivity (Wildman–Crippen MR) is 112 cm³/mol. The number of anilines is 1. The summed E-state index contributed by atoms with van der Waals surface area (Å²) in [7, 11) is 0. The first-order valence-corrected chi connectivity index (χ1v) is 10.9. The molecule has 0 aliphatic rings. The molecular formula is C19H15N3O2S3. The van der Waals surface area contributed by atoms with Crippen molar-refractivity contribution in [3.05, 3.63) is 79.8 Å². The molecule has 0 bridgehead atoms. The molecule has 4 aromatic rings. The number of thiophene rings is 1. The molecule has 27 heavy (non-hydrogen) atoms. The van der Waals surface area contributed by atoms with Crippen molar-refractivity contribution >= 4 is 51.0 Å². The highest BCUT2D eigenvalue weighted by atomic mass is 32.2. The molecule has 0 spiro atoms. The van der Waals surface area contributed by atoms with Crippen molar-refractivity contribution in [1.29, 1.82) is 0 Å². The summed E-state index contributed by atoms with van der Waals surface area (Å²) in [5.41, 5.74) is 2.32. The van der Waals surface area contributed by atoms with E-state index in [9.17, 15) is 9.59 Å². The Labute approximate surface area is 167 Å². The number of hydrogen-bond donors (Lipinski definition) is 1. The number of benzene rings is 1. The molecule has 1 N–H and O–H groups in total. The average molecular weight is 414 g/mol. The summed E-state index contributed by atoms with van der Waals surface area (Å²) in [5, 5.41) is 6.76. The standard InChI is InChI=1S/C19H15N3O2S3/c1-12-10-27-19-20-13(9-17(23)22(12)19)11-26-15-6-3-2-5-14(15)21-18(24)16-7-4-8-25-16/h2-10H,11H2,1H3,(H,21,24). The lowest BCUT2D eigenvalue weighted by Gasteiger charge is -2.10. The number of hydrogen-bond acceptors (Lipinski definition) is 6. The lowest BCUT2D eigenvalue weighted by atomic mass is 10.3. The second kappa shape index (κ2) is 7.67. The van der Waals surface area contributed by atoms with Gasteiger partial charge in [0, 0.05) is 27.8 Å². The minimum atomic E-state index is -0.120. The summed E-state index contributed by atoms with van der Waals surface area (Å²) in [6.45, 7) is 1.90. The van der Waals surface area contributed by atoms with Crippen molar-refractivity contribution in [3.63, 3.8) is 0 Å². The first kappa shape index (κ1) is 18.0. The molecule has 1 amide bonds. The fourth-order valence-corrected chi connectivity index (χ4v) is 5.02. The smallest absolute Gasteiger partial charge is 0.265 e. The van der Waals surface area contributed by atoms with Crippen LogP contribution in [0.15, 0.2) is 62.9 Å². The Kier molecular flexibility index (Phi) is 5.11. The highest BCUT2D eigenvalue weighted by molar-refractivity contribution is 7.98. The van der Waals surface area contributed by atoms with Crippen LogP contribution in [0, 0.1) is 6.92 Å². The average Bonchev–Trinajstić information content (AvgIpc) is 3.31. The number of carbonyl (C=O) groups excluding carboxylic acids is 1. The largest absolute Gasteiger partial charge is 0.320 e. The normalized spacial score (nSPS) is 11.0. The van der Waals surface area contributed by atoms with E-state index in [1.807, 2.05) is 48.0 Å². The number of nitrogens with one attached hydrogen (secondary N) is 1. The van der Waals surface area contributed by atoms with Crippen LogP contribution in [0.3, 0.4) is 0 Å². The molecule has 136 valence electrons. The van der Waals surface area contributed by atoms with Crippen molar-refractivity contribution in [2.24, 2.45) is 0 Å². The van der Waals surface area contributed by atoms with E-state index in [0.29, 0.717) is 15.6 Å². The maximum absolute atomic E-state index is 12.3. The van der Waals surface area contributed by atoms with Gasteiger partial charge in [-0.3, -0.25) is 14.0 Å². The number of aryl methyl sites for hydroxylation is 1. The number of fused-ring (bicyclic) bond motifs is 1. The maximum Gasteiger partial charge on any atom is 0.265 e. The molecule has 0 unspecified atom stereocenters. The van der Waals surface area contributed by atoms with Gasteiger partial charge in [0.25, 0.3) is 11.5 Å². The molecule has 0 aliphatic heterocycles. The lowest BCUT2D eigenvalue weighted by molar-refractivity contribution is 0.103. The summed E-state index contributed by atoms with van der Waals surface area (Å²) in [6.07, 6.45) is 0. The topological polar surface area (TPSA) is 63.5 Å². The van der Waals surface area contributed by atoms with Gasteiger partial charge in [-0.15, -0.1) is 34.4 Å². The van der Waals surface area contributed by atoms with Crippen LogP contribution in [-0.4, -0.2) is 15.3 Å². The van der Waals surface area contributed by atoms with Gasteiger partial charge in [0.1, 0.15) is 0 Å². The van der Waals surface area contributed by atoms with Crippen LogP contribution in [0.25, 0.3) is 4.96 Å². The van der Waals surface area contributed by atoms with Gasteiger partial charge in [0.05, 0.1) is 16.3 Å². The summed E-state index contributed by atoms with van der Waals surface area (Å²) in [4.78, 5) is 31.5. The van der Waals surface area contributed by atoms with E-state index >= 15 is 0 Å². The summed E-state index contributed by atoms with van der Waals surface area (Å²) in [5.74, 6) is 0.430. The monoisotopic (exact) mass is 413 g/mol. The van der Waals surface area contributed by atoms with Crippen LogP contribution in [0.4, 0.5) is 5.69 Å². The number of para-hydroxylation sites is 1. The van der Waals surface area contributed by atoms with Crippen molar-refractivity contribution in [2.75, 3.05) is 5.32 Å². The third kappa shape index (κ3) is 3.83. The Hall–Kier alpha value is -2.42. The lowest BCUT2D eigenvalue weighted by Crippen LogP contribution is -2.14. The minimum absolute atomic E-state index is 0.0615. The van der Waals surface area contributed by atoms with Crippen LogP contribution < -0.4 is 10.9 Å². The number of aromatic nitrogens is 2. The van der Waals surface area contributed by atoms with E-state index in [1.54, 1.807) is 28.3 Å². The van der Waals surface area contributed by atoms with Gasteiger partial charge >= 0.3 is 0 Å². The first-order chi connectivity index (χ1) is 13.1. The Bertz CT molecular complexity index is 1160. The molecule has 0 aliphatic carbocycles. The molecule has 0 saturated heterocycles. The predicted octanol–water partition coefficient (Wildman–Crippen LogP) is 4.67. The molecule has 5 nitrogen and oxygen atoms in total. The zero-order chi connectivity index (χ0) is 18.8. The van der Waals surface area contributed by atoms with E-state index in [-0.39, 0.29) is 11.5 Å². The van der Waals surface area contributed by atoms with Crippen LogP contribution in [-0.2, 0) is 5.75 Å². The van der Waals surface area contributed by atoms with Gasteiger partial charge in [0.15, 0.2) is 4.96 Å². The van der Waals surface area contributed by atoms with Crippen LogP contribution in [0.2, 0.25) is 0 Å². The van der Waals surface area contributed by atoms with Crippen molar-refractivity contribution in [2.45, 2.75) is 17.6 Å². The number of rotatable bonds is 5. The Morgan fingerprint density at radius 3 is 2.89 bits per heavy atom. The van der Waals surface area contributed by atoms with E-state index in [4.69, 9.17) is 0 Å². The molecule has 0 radical (unpaired) electrons. The fourth-order valence-electron chi connectivity index (χ4n) is 2.61. The second-order valence-electron chi connectivity index (χ2n) is 5.80. The molecule has 0 saturated carbocycles. The zero-order valence-electron chi connectivity index (χ0n) is 14.3. The molecular weight excluding hydrogens is 398 g/mol. The number of thiazole rings is 1. The number of amides is 1. The molecule has 0 fully saturated rings. The summed E-state index contributed by atoms with van der Waals surface area (Å²) < 4.78 is 1.62. The van der Waals surface area contributed by atoms with Crippen molar-refractivity contribution < 1.29 is 4.79 Å². The van der Waals surface area contributed by atoms with Gasteiger partial charge in [-0.25, -0.2) is 4.98 Å².